The van der Waals surface area contributed by atoms with Gasteiger partial charge in [0.25, 0.3) is 17.1 Å². The van der Waals surface area contributed by atoms with E-state index >= 15 is 0 Å². The molecule has 6 aromatic rings. The van der Waals surface area contributed by atoms with Gasteiger partial charge in [-0.3, -0.25) is 42.3 Å². The summed E-state index contributed by atoms with van der Waals surface area (Å²) in [6, 6.07) is 9.73. The number of nitrogens with zero attached hydrogens (tertiary/aromatic N) is 8. The summed E-state index contributed by atoms with van der Waals surface area (Å²) in [6.07, 6.45) is -12.1. The normalized spacial score (nSPS) is 29.4. The predicted molar refractivity (Wildman–Crippen MR) is 258 cm³/mol. The highest BCUT2D eigenvalue weighted by Gasteiger charge is 2.55. The van der Waals surface area contributed by atoms with Crippen molar-refractivity contribution in [2.24, 2.45) is 13.0 Å². The number of aliphatic hydroxyl groups is 3. The minimum atomic E-state index is -6.24. The molecule has 0 spiro atoms. The molecular formula is C39H50N12O24P4. The summed E-state index contributed by atoms with van der Waals surface area (Å²) in [4.78, 5) is 104. The van der Waals surface area contributed by atoms with Crippen LogP contribution in [0.2, 0.25) is 0 Å². The van der Waals surface area contributed by atoms with Crippen LogP contribution in [0, 0.1) is 5.92 Å². The second-order valence-corrected chi connectivity index (χ2v) is 24.4. The number of methoxy groups -OCH3 is 1. The van der Waals surface area contributed by atoms with Crippen molar-refractivity contribution in [2.45, 2.75) is 73.7 Å². The molecule has 40 heteroatoms. The highest BCUT2D eigenvalue weighted by atomic mass is 31.3. The van der Waals surface area contributed by atoms with Crippen molar-refractivity contribution in [3.05, 3.63) is 98.3 Å². The molecule has 0 saturated carbocycles. The predicted octanol–water partition coefficient (Wildman–Crippen LogP) is -2.97. The highest BCUT2D eigenvalue weighted by molar-refractivity contribution is 7.66. The number of aromatic nitrogens is 10. The van der Waals surface area contributed by atoms with Gasteiger partial charge in [0.15, 0.2) is 30.2 Å². The van der Waals surface area contributed by atoms with Crippen LogP contribution in [0.5, 0.6) is 0 Å². The quantitative estimate of drug-likeness (QED) is 0.0240. The number of hydrogen-bond donors (Lipinski definition) is 10. The first kappa shape index (κ1) is 58.3. The number of hydrogen-bond acceptors (Lipinski definition) is 27. The van der Waals surface area contributed by atoms with Crippen LogP contribution in [0.15, 0.2) is 76.0 Å². The molecule has 3 aliphatic rings. The number of nitrogens with one attached hydrogen (secondary N) is 2. The lowest BCUT2D eigenvalue weighted by molar-refractivity contribution is -0.745. The van der Waals surface area contributed by atoms with Crippen molar-refractivity contribution in [3.8, 4) is 0 Å². The molecule has 8 heterocycles. The van der Waals surface area contributed by atoms with E-state index in [0.717, 1.165) is 46.7 Å². The van der Waals surface area contributed by atoms with Crippen molar-refractivity contribution in [1.29, 1.82) is 0 Å². The number of fused-ring (bicyclic) bond motifs is 2. The minimum Gasteiger partial charge on any atom is -0.778 e. The Morgan fingerprint density at radius 2 is 1.46 bits per heavy atom. The maximum absolute atomic E-state index is 14.3. The van der Waals surface area contributed by atoms with Crippen LogP contribution in [0.4, 0.5) is 11.8 Å². The van der Waals surface area contributed by atoms with Crippen molar-refractivity contribution >= 4 is 65.2 Å². The van der Waals surface area contributed by atoms with E-state index in [4.69, 9.17) is 48.7 Å². The fourth-order valence-corrected chi connectivity index (χ4v) is 14.4. The Labute approximate surface area is 441 Å². The molecule has 3 fully saturated rings. The molecule has 5 aromatic heterocycles. The summed E-state index contributed by atoms with van der Waals surface area (Å²) in [5, 5.41) is 33.1. The van der Waals surface area contributed by atoms with Crippen molar-refractivity contribution in [1.82, 2.24) is 43.6 Å². The first-order valence-electron chi connectivity index (χ1n) is 23.1. The number of ether oxygens (including phenoxy) is 5. The second kappa shape index (κ2) is 22.9. The maximum atomic E-state index is 14.3. The molecule has 0 aliphatic carbocycles. The Morgan fingerprint density at radius 3 is 2.14 bits per heavy atom. The number of nitrogens with two attached hydrogens (primary N) is 2. The maximum Gasteiger partial charge on any atom is 0.490 e. The first-order chi connectivity index (χ1) is 37.3. The number of aromatic amines is 2. The summed E-state index contributed by atoms with van der Waals surface area (Å²) in [5.74, 6) is -1.48. The molecule has 79 heavy (non-hydrogen) atoms. The summed E-state index contributed by atoms with van der Waals surface area (Å²) in [5.41, 5.74) is 7.89. The third-order valence-corrected chi connectivity index (χ3v) is 18.8. The Balaban J connectivity index is 0.889. The average molecular weight is 1190 g/mol. The van der Waals surface area contributed by atoms with Crippen LogP contribution in [-0.4, -0.2) is 156 Å². The van der Waals surface area contributed by atoms with Crippen LogP contribution in [0.3, 0.4) is 0 Å². The van der Waals surface area contributed by atoms with E-state index in [1.54, 1.807) is 30.3 Å². The van der Waals surface area contributed by atoms with Crippen molar-refractivity contribution in [3.63, 3.8) is 0 Å². The molecule has 9 rings (SSSR count). The number of nitrogen functional groups attached to an aromatic ring is 2. The van der Waals surface area contributed by atoms with E-state index in [1.807, 2.05) is 4.98 Å². The lowest BCUT2D eigenvalue weighted by Crippen LogP contribution is -2.45. The van der Waals surface area contributed by atoms with Gasteiger partial charge in [0, 0.05) is 25.3 Å². The van der Waals surface area contributed by atoms with Crippen LogP contribution in [0.1, 0.15) is 24.2 Å². The lowest BCUT2D eigenvalue weighted by atomic mass is 9.99. The van der Waals surface area contributed by atoms with Gasteiger partial charge in [0.2, 0.25) is 11.7 Å². The van der Waals surface area contributed by atoms with E-state index < -0.39 is 141 Å². The van der Waals surface area contributed by atoms with Gasteiger partial charge in [-0.05, 0) is 5.56 Å². The van der Waals surface area contributed by atoms with E-state index in [1.165, 1.54) is 22.5 Å². The molecule has 4 unspecified atom stereocenters. The van der Waals surface area contributed by atoms with Crippen LogP contribution < -0.4 is 37.7 Å². The van der Waals surface area contributed by atoms with E-state index in [9.17, 15) is 67.5 Å². The van der Waals surface area contributed by atoms with Crippen LogP contribution in [-0.2, 0) is 77.8 Å². The largest absolute Gasteiger partial charge is 0.778 e. The summed E-state index contributed by atoms with van der Waals surface area (Å²) in [6.45, 7) is -3.65. The van der Waals surface area contributed by atoms with Gasteiger partial charge in [0.05, 0.1) is 64.3 Å². The van der Waals surface area contributed by atoms with Gasteiger partial charge in [-0.25, -0.2) is 38.0 Å². The van der Waals surface area contributed by atoms with E-state index in [-0.39, 0.29) is 47.3 Å². The molecule has 0 radical (unpaired) electrons. The highest BCUT2D eigenvalue weighted by Crippen LogP contribution is 2.68. The standard InChI is InChI=1S/C39H50N12O24P4/c1-48-17-51(33-25(48)34(56)47-38(41)46-33)35-26(53)19(11-67-10-18-6-4-3-5-7-18)20(71-35)12-69-77(60,61)74-79(64,65)75-78(62,63)70-14-22-30(29(66-2)37(73-22)50-16-44-24-31(40)42-15-43-32(24)50)76(58,59)68-13-21-27(54)28(55)36(72-21)49-9-8-23(52)45-39(49)57/h3-9,15-17,19-22,26-30,35-37,53-55H,10-14H2,1-2H3,(H9-,40,41,42,43,45,46,47,52,56,57,58,59,60,61,62,63,64,65)/t19-,20-,21-,22-,26-,27-,28-,29-,30-,35-,36-,37-/m1/s1. The minimum absolute atomic E-state index is 0.0189. The average Bonchev–Trinajstić information content (AvgIpc) is 4.41. The Kier molecular flexibility index (Phi) is 16.9. The number of anilines is 2. The van der Waals surface area contributed by atoms with Gasteiger partial charge in [-0.15, -0.1) is 0 Å². The molecule has 0 amide bonds. The zero-order valence-corrected chi connectivity index (χ0v) is 44.4. The lowest BCUT2D eigenvalue weighted by Gasteiger charge is -2.35. The van der Waals surface area contributed by atoms with Gasteiger partial charge >= 0.3 is 34.8 Å². The third-order valence-electron chi connectivity index (χ3n) is 12.7. The third kappa shape index (κ3) is 12.4. The van der Waals surface area contributed by atoms with Gasteiger partial charge in [0.1, 0.15) is 50.0 Å². The number of H-pyrrole nitrogens is 2. The molecule has 430 valence electrons. The molecule has 16 atom stereocenters. The topological polar surface area (TPSA) is 510 Å². The van der Waals surface area contributed by atoms with E-state index in [2.05, 4.69) is 33.5 Å². The molecule has 1 aromatic carbocycles. The Bertz CT molecular complexity index is 3590. The summed E-state index contributed by atoms with van der Waals surface area (Å²) >= 11 is 0. The fraction of sp³-hybridized carbons (Fsp3) is 0.487. The molecule has 3 saturated heterocycles. The van der Waals surface area contributed by atoms with Gasteiger partial charge in [-0.1, -0.05) is 35.3 Å². The van der Waals surface area contributed by atoms with Crippen LogP contribution >= 0.6 is 31.1 Å². The van der Waals surface area contributed by atoms with E-state index in [0.29, 0.717) is 0 Å². The molecule has 12 N–H and O–H groups in total. The number of imidazole rings is 2. The number of phosphoric ester groups is 2. The summed E-state index contributed by atoms with van der Waals surface area (Å²) < 4.78 is 111. The number of rotatable bonds is 22. The zero-order valence-electron chi connectivity index (χ0n) is 40.8. The van der Waals surface area contributed by atoms with Crippen LogP contribution in [0.25, 0.3) is 22.3 Å². The number of phosphoric acid groups is 3. The Hall–Kier alpha value is -5.36. The summed E-state index contributed by atoms with van der Waals surface area (Å²) in [7, 11) is -21.1. The smallest absolute Gasteiger partial charge is 0.490 e. The van der Waals surface area contributed by atoms with Crippen molar-refractivity contribution < 1.29 is 104 Å². The van der Waals surface area contributed by atoms with Gasteiger partial charge in [-0.2, -0.15) is 8.62 Å². The zero-order chi connectivity index (χ0) is 56.9. The number of aryl methyl sites for hydroxylation is 1. The fourth-order valence-electron chi connectivity index (χ4n) is 9.15. The first-order valence-corrected chi connectivity index (χ1v) is 29.2. The SMILES string of the molecule is CO[C@@H]1[C@H](P(=O)([O-])OC[C@H]2O[C@@H](n3ccc(=O)[nH]c3=O)[C@H](O)[C@@H]2O)[C@@H](COP(=O)(O)OP(=O)(O)OP(=O)(O)OC[C@H]2O[C@@H]([n+]3cn(C)c4c(=O)[nH]c(N)nc43)[C@H](O)[C@@H]2COCc2ccccc2)O[C@H]1n1cnc2c(N)ncnc21. The number of benzene rings is 1. The molecule has 3 aliphatic heterocycles. The molecule has 36 nitrogen and oxygen atoms in total. The Morgan fingerprint density at radius 1 is 0.785 bits per heavy atom. The molecular weight excluding hydrogens is 1140 g/mol. The molecule has 0 bridgehead atoms. The number of aliphatic hydroxyl groups excluding tert-OH is 3. The van der Waals surface area contributed by atoms with Gasteiger partial charge < -0.3 is 79.1 Å². The second-order valence-electron chi connectivity index (χ2n) is 17.9. The monoisotopic (exact) mass is 1190 g/mol. The van der Waals surface area contributed by atoms with Crippen molar-refractivity contribution in [2.75, 3.05) is 45.0 Å².